The van der Waals surface area contributed by atoms with E-state index in [0.29, 0.717) is 5.92 Å². The van der Waals surface area contributed by atoms with Crippen LogP contribution in [-0.2, 0) is 6.42 Å². The fraction of sp³-hybridized carbons (Fsp3) is 0.389. The maximum Gasteiger partial charge on any atom is 0.0409 e. The Morgan fingerprint density at radius 1 is 0.919 bits per heavy atom. The van der Waals surface area contributed by atoms with Crippen molar-refractivity contribution in [3.63, 3.8) is 0 Å². The molecular formula is C36H43Cl. The van der Waals surface area contributed by atoms with E-state index in [1.165, 1.54) is 74.9 Å². The van der Waals surface area contributed by atoms with Crippen molar-refractivity contribution in [2.75, 3.05) is 0 Å². The Balaban J connectivity index is 1.87. The van der Waals surface area contributed by atoms with Gasteiger partial charge in [-0.05, 0) is 112 Å². The quantitative estimate of drug-likeness (QED) is 0.268. The minimum atomic E-state index is 0.579. The zero-order valence-corrected chi connectivity index (χ0v) is 24.2. The van der Waals surface area contributed by atoms with Crippen LogP contribution in [0.15, 0.2) is 67.2 Å². The first-order valence-corrected chi connectivity index (χ1v) is 14.7. The Kier molecular flexibility index (Phi) is 9.14. The van der Waals surface area contributed by atoms with Crippen LogP contribution in [0, 0.1) is 12.8 Å². The van der Waals surface area contributed by atoms with Gasteiger partial charge in [-0.1, -0.05) is 114 Å². The Morgan fingerprint density at radius 3 is 2.30 bits per heavy atom. The summed E-state index contributed by atoms with van der Waals surface area (Å²) in [6.45, 7) is 15.7. The molecule has 0 saturated carbocycles. The van der Waals surface area contributed by atoms with Crippen molar-refractivity contribution >= 4 is 28.3 Å². The van der Waals surface area contributed by atoms with Gasteiger partial charge in [0.25, 0.3) is 0 Å². The molecule has 0 bridgehead atoms. The monoisotopic (exact) mass is 510 g/mol. The molecule has 0 amide bonds. The highest BCUT2D eigenvalue weighted by Crippen LogP contribution is 2.42. The van der Waals surface area contributed by atoms with Crippen LogP contribution in [0.1, 0.15) is 111 Å². The smallest absolute Gasteiger partial charge is 0.0409 e. The summed E-state index contributed by atoms with van der Waals surface area (Å²) in [6, 6.07) is 22.9. The molecule has 37 heavy (non-hydrogen) atoms. The fourth-order valence-electron chi connectivity index (χ4n) is 6.18. The number of rotatable bonds is 9. The molecule has 0 N–H and O–H groups in total. The first-order chi connectivity index (χ1) is 17.9. The largest absolute Gasteiger partial charge is 0.0952 e. The second-order valence-electron chi connectivity index (χ2n) is 10.9. The van der Waals surface area contributed by atoms with Gasteiger partial charge in [0, 0.05) is 5.02 Å². The third-order valence-corrected chi connectivity index (χ3v) is 8.75. The minimum Gasteiger partial charge on any atom is -0.0952 e. The van der Waals surface area contributed by atoms with E-state index < -0.39 is 0 Å². The predicted octanol–water partition coefficient (Wildman–Crippen LogP) is 11.3. The summed E-state index contributed by atoms with van der Waals surface area (Å²) in [4.78, 5) is 0. The summed E-state index contributed by atoms with van der Waals surface area (Å²) in [5.74, 6) is 1.32. The summed E-state index contributed by atoms with van der Waals surface area (Å²) in [5.41, 5.74) is 13.4. The normalized spacial score (nSPS) is 15.2. The number of halogens is 1. The third kappa shape index (κ3) is 5.96. The van der Waals surface area contributed by atoms with Gasteiger partial charge in [0.2, 0.25) is 0 Å². The first kappa shape index (κ1) is 27.5. The van der Waals surface area contributed by atoms with E-state index in [9.17, 15) is 0 Å². The summed E-state index contributed by atoms with van der Waals surface area (Å²) in [7, 11) is 0. The molecule has 3 aromatic carbocycles. The summed E-state index contributed by atoms with van der Waals surface area (Å²) in [6.07, 6.45) is 8.05. The molecular weight excluding hydrogens is 468 g/mol. The highest BCUT2D eigenvalue weighted by atomic mass is 35.5. The molecule has 1 aliphatic carbocycles. The SMILES string of the molecule is C=C(CC)c1ccc2c(c1)CCCC(c1ccc(Cl)cc1C)=C2c1ccc(C(C)[C@H](CC)CCC)cc1. The zero-order valence-electron chi connectivity index (χ0n) is 23.5. The molecule has 0 aromatic heterocycles. The van der Waals surface area contributed by atoms with Gasteiger partial charge in [-0.2, -0.15) is 0 Å². The molecule has 0 spiro atoms. The highest BCUT2D eigenvalue weighted by molar-refractivity contribution is 6.30. The highest BCUT2D eigenvalue weighted by Gasteiger charge is 2.23. The number of benzene rings is 3. The molecule has 0 fully saturated rings. The summed E-state index contributed by atoms with van der Waals surface area (Å²) < 4.78 is 0. The third-order valence-electron chi connectivity index (χ3n) is 8.51. The maximum atomic E-state index is 6.37. The van der Waals surface area contributed by atoms with Gasteiger partial charge < -0.3 is 0 Å². The lowest BCUT2D eigenvalue weighted by atomic mass is 9.81. The standard InChI is InChI=1S/C36H43Cl/c1-7-11-27(9-3)26(6)28-14-16-29(17-15-28)36-34-20-18-30(24(4)8-2)23-31(34)12-10-13-35(36)33-21-19-32(37)22-25(33)5/h14-23,26-27H,4,7-13H2,1-3,5-6H3/t26?,27-/m1/s1. The van der Waals surface area contributed by atoms with Crippen LogP contribution >= 0.6 is 11.6 Å². The van der Waals surface area contributed by atoms with Crippen LogP contribution in [0.25, 0.3) is 16.7 Å². The lowest BCUT2D eigenvalue weighted by molar-refractivity contribution is 0.398. The van der Waals surface area contributed by atoms with Gasteiger partial charge in [0.05, 0.1) is 0 Å². The van der Waals surface area contributed by atoms with Crippen LogP contribution in [0.2, 0.25) is 5.02 Å². The molecule has 0 saturated heterocycles. The molecule has 2 atom stereocenters. The van der Waals surface area contributed by atoms with Gasteiger partial charge in [0.1, 0.15) is 0 Å². The van der Waals surface area contributed by atoms with E-state index in [4.69, 9.17) is 11.6 Å². The average Bonchev–Trinajstić information content (AvgIpc) is 3.10. The molecule has 1 heteroatoms. The van der Waals surface area contributed by atoms with Crippen molar-refractivity contribution in [1.29, 1.82) is 0 Å². The molecule has 1 unspecified atom stereocenters. The summed E-state index contributed by atoms with van der Waals surface area (Å²) >= 11 is 6.37. The number of hydrogen-bond donors (Lipinski definition) is 0. The second-order valence-corrected chi connectivity index (χ2v) is 11.3. The summed E-state index contributed by atoms with van der Waals surface area (Å²) in [5, 5.41) is 0.802. The zero-order chi connectivity index (χ0) is 26.5. The Labute approximate surface area is 230 Å². The van der Waals surface area contributed by atoms with Crippen LogP contribution in [0.5, 0.6) is 0 Å². The van der Waals surface area contributed by atoms with Crippen molar-refractivity contribution < 1.29 is 0 Å². The van der Waals surface area contributed by atoms with Gasteiger partial charge in [-0.15, -0.1) is 0 Å². The van der Waals surface area contributed by atoms with E-state index in [0.717, 1.165) is 36.6 Å². The molecule has 0 radical (unpaired) electrons. The molecule has 4 rings (SSSR count). The van der Waals surface area contributed by atoms with E-state index in [-0.39, 0.29) is 0 Å². The Morgan fingerprint density at radius 2 is 1.65 bits per heavy atom. The number of fused-ring (bicyclic) bond motifs is 1. The minimum absolute atomic E-state index is 0.579. The van der Waals surface area contributed by atoms with Crippen LogP contribution in [0.3, 0.4) is 0 Å². The molecule has 3 aromatic rings. The van der Waals surface area contributed by atoms with Crippen molar-refractivity contribution in [1.82, 2.24) is 0 Å². The first-order valence-electron chi connectivity index (χ1n) is 14.3. The van der Waals surface area contributed by atoms with Gasteiger partial charge >= 0.3 is 0 Å². The van der Waals surface area contributed by atoms with Crippen molar-refractivity contribution in [3.05, 3.63) is 111 Å². The number of hydrogen-bond acceptors (Lipinski definition) is 0. The lowest BCUT2D eigenvalue weighted by Crippen LogP contribution is -2.09. The van der Waals surface area contributed by atoms with Crippen molar-refractivity contribution in [2.45, 2.75) is 85.5 Å². The van der Waals surface area contributed by atoms with E-state index >= 15 is 0 Å². The topological polar surface area (TPSA) is 0 Å². The molecule has 0 aliphatic heterocycles. The number of allylic oxidation sites excluding steroid dienone is 2. The van der Waals surface area contributed by atoms with Gasteiger partial charge in [-0.3, -0.25) is 0 Å². The van der Waals surface area contributed by atoms with Crippen LogP contribution < -0.4 is 0 Å². The lowest BCUT2D eigenvalue weighted by Gasteiger charge is -2.24. The van der Waals surface area contributed by atoms with E-state index in [1.54, 1.807) is 0 Å². The predicted molar refractivity (Wildman–Crippen MR) is 164 cm³/mol. The molecule has 0 heterocycles. The maximum absolute atomic E-state index is 6.37. The van der Waals surface area contributed by atoms with E-state index in [2.05, 4.69) is 95.8 Å². The second kappa shape index (κ2) is 12.3. The number of aryl methyl sites for hydroxylation is 2. The van der Waals surface area contributed by atoms with Crippen LogP contribution in [0.4, 0.5) is 0 Å². The molecule has 194 valence electrons. The molecule has 0 nitrogen and oxygen atoms in total. The van der Waals surface area contributed by atoms with Crippen LogP contribution in [-0.4, -0.2) is 0 Å². The Bertz CT molecular complexity index is 1270. The van der Waals surface area contributed by atoms with E-state index in [1.807, 2.05) is 6.07 Å². The van der Waals surface area contributed by atoms with Gasteiger partial charge in [0.15, 0.2) is 0 Å². The Hall–Kier alpha value is -2.57. The molecule has 1 aliphatic rings. The van der Waals surface area contributed by atoms with Crippen molar-refractivity contribution in [2.24, 2.45) is 5.92 Å². The van der Waals surface area contributed by atoms with Crippen molar-refractivity contribution in [3.8, 4) is 0 Å². The fourth-order valence-corrected chi connectivity index (χ4v) is 6.41. The van der Waals surface area contributed by atoms with Gasteiger partial charge in [-0.25, -0.2) is 0 Å². The average molecular weight is 511 g/mol.